The van der Waals surface area contributed by atoms with Crippen LogP contribution < -0.4 is 0 Å². The smallest absolute Gasteiger partial charge is 0.255 e. The van der Waals surface area contributed by atoms with E-state index in [2.05, 4.69) is 16.0 Å². The first kappa shape index (κ1) is 17.8. The van der Waals surface area contributed by atoms with Crippen molar-refractivity contribution in [3.05, 3.63) is 65.2 Å². The number of nitrogens with one attached hydrogen (secondary N) is 1. The van der Waals surface area contributed by atoms with Gasteiger partial charge in [-0.2, -0.15) is 0 Å². The number of piperidine rings is 1. The van der Waals surface area contributed by atoms with Crippen LogP contribution in [-0.4, -0.2) is 33.9 Å². The van der Waals surface area contributed by atoms with E-state index in [1.165, 1.54) is 29.5 Å². The molecule has 0 radical (unpaired) electrons. The summed E-state index contributed by atoms with van der Waals surface area (Å²) in [6.07, 6.45) is 6.44. The molecule has 2 aromatic heterocycles. The highest BCUT2D eigenvalue weighted by atomic mass is 16.3. The molecule has 1 saturated heterocycles. The van der Waals surface area contributed by atoms with Crippen LogP contribution in [0.15, 0.2) is 46.9 Å². The monoisotopic (exact) mass is 399 g/mol. The number of hydrogen-bond acceptors (Lipinski definition) is 3. The second-order valence-corrected chi connectivity index (χ2v) is 8.60. The van der Waals surface area contributed by atoms with Gasteiger partial charge in [0.2, 0.25) is 0 Å². The molecule has 6 rings (SSSR count). The van der Waals surface area contributed by atoms with Crippen LogP contribution in [0.1, 0.15) is 59.1 Å². The molecule has 0 unspecified atom stereocenters. The van der Waals surface area contributed by atoms with Crippen molar-refractivity contribution in [2.24, 2.45) is 0 Å². The predicted molar refractivity (Wildman–Crippen MR) is 117 cm³/mol. The van der Waals surface area contributed by atoms with Crippen LogP contribution in [0.5, 0.6) is 0 Å². The largest absolute Gasteiger partial charge is 0.440 e. The molecule has 0 bridgehead atoms. The molecule has 1 amide bonds. The number of hydrogen-bond donors (Lipinski definition) is 1. The average molecular weight is 399 g/mol. The van der Waals surface area contributed by atoms with Gasteiger partial charge in [0.05, 0.1) is 11.1 Å². The zero-order valence-electron chi connectivity index (χ0n) is 17.0. The lowest BCUT2D eigenvalue weighted by Gasteiger charge is -2.30. The average Bonchev–Trinajstić information content (AvgIpc) is 3.40. The molecule has 30 heavy (non-hydrogen) atoms. The Labute approximate surface area is 175 Å². The molecule has 2 aromatic carbocycles. The number of likely N-dealkylation sites (tertiary alicyclic amines) is 1. The number of para-hydroxylation sites is 3. The number of carbonyl (C=O) groups excluding carboxylic acids is 1. The summed E-state index contributed by atoms with van der Waals surface area (Å²) in [4.78, 5) is 23.6. The van der Waals surface area contributed by atoms with Crippen molar-refractivity contribution in [1.82, 2.24) is 14.9 Å². The fraction of sp³-hybridized carbons (Fsp3) is 0.360. The third kappa shape index (κ3) is 2.83. The van der Waals surface area contributed by atoms with Crippen molar-refractivity contribution in [3.8, 4) is 0 Å². The lowest BCUT2D eigenvalue weighted by atomic mass is 9.94. The second-order valence-electron chi connectivity index (χ2n) is 8.60. The maximum absolute atomic E-state index is 13.4. The first-order valence-corrected chi connectivity index (χ1v) is 11.0. The molecule has 5 heteroatoms. The molecule has 0 saturated carbocycles. The number of benzene rings is 2. The van der Waals surface area contributed by atoms with Crippen molar-refractivity contribution >= 4 is 27.9 Å². The van der Waals surface area contributed by atoms with Gasteiger partial charge in [-0.3, -0.25) is 4.79 Å². The molecule has 1 aliphatic carbocycles. The Hall–Kier alpha value is -3.08. The van der Waals surface area contributed by atoms with E-state index in [1.54, 1.807) is 0 Å². The van der Waals surface area contributed by atoms with E-state index in [0.29, 0.717) is 0 Å². The van der Waals surface area contributed by atoms with Crippen LogP contribution in [0, 0.1) is 0 Å². The zero-order valence-corrected chi connectivity index (χ0v) is 17.0. The van der Waals surface area contributed by atoms with E-state index in [1.807, 2.05) is 41.3 Å². The summed E-state index contributed by atoms with van der Waals surface area (Å²) in [6, 6.07) is 14.1. The van der Waals surface area contributed by atoms with Crippen LogP contribution in [0.25, 0.3) is 22.0 Å². The number of aryl methyl sites for hydroxylation is 2. The van der Waals surface area contributed by atoms with Gasteiger partial charge in [0.1, 0.15) is 5.52 Å². The van der Waals surface area contributed by atoms with E-state index in [0.717, 1.165) is 66.8 Å². The van der Waals surface area contributed by atoms with Crippen molar-refractivity contribution in [1.29, 1.82) is 0 Å². The molecule has 5 nitrogen and oxygen atoms in total. The molecular weight excluding hydrogens is 374 g/mol. The van der Waals surface area contributed by atoms with Crippen molar-refractivity contribution in [3.63, 3.8) is 0 Å². The van der Waals surface area contributed by atoms with E-state index in [4.69, 9.17) is 4.42 Å². The van der Waals surface area contributed by atoms with E-state index in [-0.39, 0.29) is 11.8 Å². The third-order valence-corrected chi connectivity index (χ3v) is 6.81. The summed E-state index contributed by atoms with van der Waals surface area (Å²) in [5.41, 5.74) is 6.33. The molecule has 3 heterocycles. The normalized spacial score (nSPS) is 17.5. The standard InChI is InChI=1S/C25H25N3O2/c29-25(19-8-5-7-18-17-6-1-2-9-20(17)26-23(18)19)28-14-12-16(13-15-28)24-27-21-10-3-4-11-22(21)30-24/h3-5,7-8,10-11,16,26H,1-2,6,9,12-15H2. The van der Waals surface area contributed by atoms with Gasteiger partial charge in [0, 0.05) is 30.1 Å². The number of amides is 1. The van der Waals surface area contributed by atoms with Gasteiger partial charge in [-0.1, -0.05) is 24.3 Å². The summed E-state index contributed by atoms with van der Waals surface area (Å²) in [6.45, 7) is 1.47. The van der Waals surface area contributed by atoms with E-state index >= 15 is 0 Å². The SMILES string of the molecule is O=C(c1cccc2c3c([nH]c12)CCCC3)N1CCC(c2nc3ccccc3o2)CC1. The minimum absolute atomic E-state index is 0.134. The van der Waals surface area contributed by atoms with Crippen LogP contribution in [-0.2, 0) is 12.8 Å². The van der Waals surface area contributed by atoms with E-state index in [9.17, 15) is 4.79 Å². The number of carbonyl (C=O) groups is 1. The Kier molecular flexibility index (Phi) is 4.15. The van der Waals surface area contributed by atoms with Gasteiger partial charge in [-0.15, -0.1) is 0 Å². The van der Waals surface area contributed by atoms with Gasteiger partial charge in [0.25, 0.3) is 5.91 Å². The highest BCUT2D eigenvalue weighted by Gasteiger charge is 2.29. The summed E-state index contributed by atoms with van der Waals surface area (Å²) in [7, 11) is 0. The summed E-state index contributed by atoms with van der Waals surface area (Å²) in [5, 5.41) is 1.23. The molecule has 0 atom stereocenters. The fourth-order valence-electron chi connectivity index (χ4n) is 5.17. The number of fused-ring (bicyclic) bond motifs is 4. The van der Waals surface area contributed by atoms with Crippen LogP contribution >= 0.6 is 0 Å². The predicted octanol–water partition coefficient (Wildman–Crippen LogP) is 5.21. The number of aromatic nitrogens is 2. The number of oxazole rings is 1. The maximum atomic E-state index is 13.4. The molecular formula is C25H25N3O2. The fourth-order valence-corrected chi connectivity index (χ4v) is 5.17. The Balaban J connectivity index is 1.23. The zero-order chi connectivity index (χ0) is 20.1. The molecule has 1 N–H and O–H groups in total. The van der Waals surface area contributed by atoms with Crippen molar-refractivity contribution in [2.75, 3.05) is 13.1 Å². The highest BCUT2D eigenvalue weighted by Crippen LogP contribution is 2.33. The Morgan fingerprint density at radius 1 is 1.03 bits per heavy atom. The topological polar surface area (TPSA) is 62.1 Å². The Morgan fingerprint density at radius 2 is 1.87 bits per heavy atom. The molecule has 2 aliphatic rings. The Bertz CT molecular complexity index is 1210. The summed E-state index contributed by atoms with van der Waals surface area (Å²) >= 11 is 0. The molecule has 4 aromatic rings. The number of nitrogens with zero attached hydrogens (tertiary/aromatic N) is 2. The summed E-state index contributed by atoms with van der Waals surface area (Å²) in [5.74, 6) is 1.22. The number of aromatic amines is 1. The van der Waals surface area contributed by atoms with Gasteiger partial charge < -0.3 is 14.3 Å². The minimum Gasteiger partial charge on any atom is -0.440 e. The van der Waals surface area contributed by atoms with Gasteiger partial charge in [0.15, 0.2) is 11.5 Å². The van der Waals surface area contributed by atoms with Crippen LogP contribution in [0.2, 0.25) is 0 Å². The van der Waals surface area contributed by atoms with Crippen molar-refractivity contribution < 1.29 is 9.21 Å². The lowest BCUT2D eigenvalue weighted by molar-refractivity contribution is 0.0708. The minimum atomic E-state index is 0.134. The number of rotatable bonds is 2. The quantitative estimate of drug-likeness (QED) is 0.503. The first-order valence-electron chi connectivity index (χ1n) is 11.0. The maximum Gasteiger partial charge on any atom is 0.255 e. The van der Waals surface area contributed by atoms with Crippen LogP contribution in [0.4, 0.5) is 0 Å². The van der Waals surface area contributed by atoms with E-state index < -0.39 is 0 Å². The first-order chi connectivity index (χ1) is 14.8. The van der Waals surface area contributed by atoms with Gasteiger partial charge in [-0.05, 0) is 62.3 Å². The highest BCUT2D eigenvalue weighted by molar-refractivity contribution is 6.06. The summed E-state index contributed by atoms with van der Waals surface area (Å²) < 4.78 is 5.97. The van der Waals surface area contributed by atoms with Gasteiger partial charge >= 0.3 is 0 Å². The Morgan fingerprint density at radius 3 is 2.73 bits per heavy atom. The lowest BCUT2D eigenvalue weighted by Crippen LogP contribution is -2.38. The third-order valence-electron chi connectivity index (χ3n) is 6.81. The second kappa shape index (κ2) is 7.01. The molecule has 0 spiro atoms. The molecule has 1 fully saturated rings. The number of H-pyrrole nitrogens is 1. The van der Waals surface area contributed by atoms with Gasteiger partial charge in [-0.25, -0.2) is 4.98 Å². The molecule has 1 aliphatic heterocycles. The molecule has 152 valence electrons. The van der Waals surface area contributed by atoms with Crippen molar-refractivity contribution in [2.45, 2.75) is 44.4 Å². The van der Waals surface area contributed by atoms with Crippen LogP contribution in [0.3, 0.4) is 0 Å².